The molecule has 7 heteroatoms. The maximum atomic E-state index is 12.1. The molecular formula is C13H19NO4S2. The van der Waals surface area contributed by atoms with E-state index in [-0.39, 0.29) is 16.7 Å². The minimum atomic E-state index is -3.51. The summed E-state index contributed by atoms with van der Waals surface area (Å²) in [5.41, 5.74) is 0. The van der Waals surface area contributed by atoms with Crippen LogP contribution in [0.5, 0.6) is 0 Å². The number of aryl methyl sites for hydroxylation is 1. The van der Waals surface area contributed by atoms with Gasteiger partial charge in [0, 0.05) is 11.4 Å². The van der Waals surface area contributed by atoms with Crippen molar-refractivity contribution in [2.24, 2.45) is 11.8 Å². The van der Waals surface area contributed by atoms with Crippen molar-refractivity contribution in [3.8, 4) is 0 Å². The van der Waals surface area contributed by atoms with Crippen molar-refractivity contribution in [1.29, 1.82) is 0 Å². The molecule has 2 rings (SSSR count). The third kappa shape index (κ3) is 3.59. The first-order valence-electron chi connectivity index (χ1n) is 6.69. The number of nitrogens with one attached hydrogen (secondary N) is 1. The zero-order chi connectivity index (χ0) is 14.8. The van der Waals surface area contributed by atoms with Gasteiger partial charge in [0.15, 0.2) is 0 Å². The standard InChI is InChI=1S/C13H19NO4S2/c1-9-6-7-12(19-9)20(17,18)14-8-10-4-2-3-5-11(10)13(15)16/h6-7,10-11,14H,2-5,8H2,1H3,(H,15,16). The van der Waals surface area contributed by atoms with E-state index in [2.05, 4.69) is 4.72 Å². The van der Waals surface area contributed by atoms with Crippen LogP contribution in [0.2, 0.25) is 0 Å². The zero-order valence-electron chi connectivity index (χ0n) is 11.3. The Balaban J connectivity index is 2.01. The highest BCUT2D eigenvalue weighted by atomic mass is 32.2. The van der Waals surface area contributed by atoms with Crippen molar-refractivity contribution < 1.29 is 18.3 Å². The first-order valence-corrected chi connectivity index (χ1v) is 8.99. The lowest BCUT2D eigenvalue weighted by Crippen LogP contribution is -2.37. The number of carboxylic acid groups (broad SMARTS) is 1. The van der Waals surface area contributed by atoms with Crippen LogP contribution in [0, 0.1) is 18.8 Å². The fourth-order valence-corrected chi connectivity index (χ4v) is 5.04. The second-order valence-corrected chi connectivity index (χ2v) is 8.49. The molecule has 5 nitrogen and oxygen atoms in total. The van der Waals surface area contributed by atoms with Crippen LogP contribution in [-0.4, -0.2) is 26.0 Å². The van der Waals surface area contributed by atoms with Gasteiger partial charge in [-0.1, -0.05) is 12.8 Å². The summed E-state index contributed by atoms with van der Waals surface area (Å²) in [6, 6.07) is 3.35. The molecule has 2 atom stereocenters. The van der Waals surface area contributed by atoms with Crippen LogP contribution in [-0.2, 0) is 14.8 Å². The highest BCUT2D eigenvalue weighted by Gasteiger charge is 2.31. The highest BCUT2D eigenvalue weighted by molar-refractivity contribution is 7.91. The number of carboxylic acids is 1. The van der Waals surface area contributed by atoms with Crippen molar-refractivity contribution >= 4 is 27.3 Å². The smallest absolute Gasteiger partial charge is 0.306 e. The van der Waals surface area contributed by atoms with Crippen molar-refractivity contribution in [3.05, 3.63) is 17.0 Å². The Hall–Kier alpha value is -0.920. The number of rotatable bonds is 5. The van der Waals surface area contributed by atoms with Crippen molar-refractivity contribution in [2.75, 3.05) is 6.54 Å². The van der Waals surface area contributed by atoms with Gasteiger partial charge in [0.1, 0.15) is 4.21 Å². The summed E-state index contributed by atoms with van der Waals surface area (Å²) >= 11 is 1.22. The summed E-state index contributed by atoms with van der Waals surface area (Å²) in [6.07, 6.45) is 3.28. The molecule has 2 N–H and O–H groups in total. The molecule has 2 unspecified atom stereocenters. The summed E-state index contributed by atoms with van der Waals surface area (Å²) in [5.74, 6) is -1.37. The van der Waals surface area contributed by atoms with Gasteiger partial charge in [-0.3, -0.25) is 4.79 Å². The monoisotopic (exact) mass is 317 g/mol. The summed E-state index contributed by atoms with van der Waals surface area (Å²) in [5, 5.41) is 9.18. The van der Waals surface area contributed by atoms with Crippen LogP contribution < -0.4 is 4.72 Å². The lowest BCUT2D eigenvalue weighted by molar-refractivity contribution is -0.144. The van der Waals surface area contributed by atoms with Crippen LogP contribution in [0.15, 0.2) is 16.3 Å². The summed E-state index contributed by atoms with van der Waals surface area (Å²) < 4.78 is 27.1. The Morgan fingerprint density at radius 2 is 2.10 bits per heavy atom. The van der Waals surface area contributed by atoms with Crippen LogP contribution in [0.1, 0.15) is 30.6 Å². The molecule has 1 heterocycles. The van der Waals surface area contributed by atoms with Crippen LogP contribution >= 0.6 is 11.3 Å². The molecule has 112 valence electrons. The van der Waals surface area contributed by atoms with Gasteiger partial charge in [0.2, 0.25) is 10.0 Å². The fraction of sp³-hybridized carbons (Fsp3) is 0.615. The van der Waals surface area contributed by atoms with Gasteiger partial charge in [0.05, 0.1) is 5.92 Å². The molecule has 1 aromatic heterocycles. The maximum absolute atomic E-state index is 12.1. The predicted molar refractivity (Wildman–Crippen MR) is 77.3 cm³/mol. The van der Waals surface area contributed by atoms with Gasteiger partial charge >= 0.3 is 5.97 Å². The van der Waals surface area contributed by atoms with E-state index in [1.165, 1.54) is 11.3 Å². The molecule has 0 spiro atoms. The summed E-state index contributed by atoms with van der Waals surface area (Å²) in [6.45, 7) is 2.06. The van der Waals surface area contributed by atoms with E-state index in [1.807, 2.05) is 6.92 Å². The number of hydrogen-bond acceptors (Lipinski definition) is 4. The van der Waals surface area contributed by atoms with Crippen molar-refractivity contribution in [3.63, 3.8) is 0 Å². The predicted octanol–water partition coefficient (Wildman–Crippen LogP) is 2.23. The lowest BCUT2D eigenvalue weighted by atomic mass is 9.79. The molecule has 1 saturated carbocycles. The Kier molecular flexibility index (Phi) is 4.82. The normalized spacial score (nSPS) is 23.6. The number of carbonyl (C=O) groups is 1. The van der Waals surface area contributed by atoms with E-state index in [1.54, 1.807) is 12.1 Å². The third-order valence-electron chi connectivity index (χ3n) is 3.74. The molecule has 1 aliphatic carbocycles. The molecule has 0 amide bonds. The minimum Gasteiger partial charge on any atom is -0.481 e. The topological polar surface area (TPSA) is 83.5 Å². The second kappa shape index (κ2) is 6.24. The maximum Gasteiger partial charge on any atom is 0.306 e. The number of hydrogen-bond donors (Lipinski definition) is 2. The van der Waals surface area contributed by atoms with Crippen LogP contribution in [0.25, 0.3) is 0 Å². The Morgan fingerprint density at radius 1 is 1.40 bits per heavy atom. The average molecular weight is 317 g/mol. The van der Waals surface area contributed by atoms with Crippen molar-refractivity contribution in [1.82, 2.24) is 4.72 Å². The van der Waals surface area contributed by atoms with E-state index < -0.39 is 21.9 Å². The van der Waals surface area contributed by atoms with Crippen LogP contribution in [0.3, 0.4) is 0 Å². The quantitative estimate of drug-likeness (QED) is 0.872. The van der Waals surface area contributed by atoms with Gasteiger partial charge in [-0.25, -0.2) is 13.1 Å². The largest absolute Gasteiger partial charge is 0.481 e. The Morgan fingerprint density at radius 3 is 2.70 bits per heavy atom. The van der Waals surface area contributed by atoms with E-state index in [9.17, 15) is 18.3 Å². The Bertz CT molecular complexity index is 579. The lowest BCUT2D eigenvalue weighted by Gasteiger charge is -2.28. The Labute approximate surface area is 123 Å². The zero-order valence-corrected chi connectivity index (χ0v) is 13.0. The molecule has 0 aromatic carbocycles. The highest BCUT2D eigenvalue weighted by Crippen LogP contribution is 2.30. The fourth-order valence-electron chi connectivity index (χ4n) is 2.62. The van der Waals surface area contributed by atoms with Gasteiger partial charge < -0.3 is 5.11 Å². The molecule has 1 aliphatic rings. The van der Waals surface area contributed by atoms with Gasteiger partial charge in [0.25, 0.3) is 0 Å². The van der Waals surface area contributed by atoms with Crippen molar-refractivity contribution in [2.45, 2.75) is 36.8 Å². The molecule has 0 bridgehead atoms. The van der Waals surface area contributed by atoms with E-state index >= 15 is 0 Å². The molecule has 0 radical (unpaired) electrons. The van der Waals surface area contributed by atoms with Gasteiger partial charge in [-0.15, -0.1) is 11.3 Å². The third-order valence-corrected chi connectivity index (χ3v) is 6.66. The first kappa shape index (κ1) is 15.5. The molecule has 20 heavy (non-hydrogen) atoms. The average Bonchev–Trinajstić information content (AvgIpc) is 2.84. The number of sulfonamides is 1. The van der Waals surface area contributed by atoms with E-state index in [4.69, 9.17) is 0 Å². The van der Waals surface area contributed by atoms with E-state index in [0.717, 1.165) is 24.1 Å². The van der Waals surface area contributed by atoms with Crippen LogP contribution in [0.4, 0.5) is 0 Å². The number of thiophene rings is 1. The molecule has 1 fully saturated rings. The molecular weight excluding hydrogens is 298 g/mol. The number of aliphatic carboxylic acids is 1. The molecule has 0 saturated heterocycles. The second-order valence-electron chi connectivity index (χ2n) is 5.21. The van der Waals surface area contributed by atoms with Gasteiger partial charge in [-0.05, 0) is 37.8 Å². The van der Waals surface area contributed by atoms with E-state index in [0.29, 0.717) is 6.42 Å². The minimum absolute atomic E-state index is 0.114. The molecule has 0 aliphatic heterocycles. The summed E-state index contributed by atoms with van der Waals surface area (Å²) in [7, 11) is -3.51. The van der Waals surface area contributed by atoms with Gasteiger partial charge in [-0.2, -0.15) is 0 Å². The first-order chi connectivity index (χ1) is 9.40. The molecule has 1 aromatic rings. The summed E-state index contributed by atoms with van der Waals surface area (Å²) in [4.78, 5) is 12.1. The SMILES string of the molecule is Cc1ccc(S(=O)(=O)NCC2CCCCC2C(=O)O)s1.